The number of ether oxygens (including phenoxy) is 1. The Labute approximate surface area is 172 Å². The molecule has 2 aromatic rings. The van der Waals surface area contributed by atoms with Gasteiger partial charge in [0.15, 0.2) is 0 Å². The summed E-state index contributed by atoms with van der Waals surface area (Å²) in [5.41, 5.74) is 2.83. The Kier molecular flexibility index (Phi) is 5.56. The van der Waals surface area contributed by atoms with Crippen molar-refractivity contribution in [2.45, 2.75) is 51.8 Å². The number of para-hydroxylation sites is 1. The smallest absolute Gasteiger partial charge is 0.407 e. The highest BCUT2D eigenvalue weighted by atomic mass is 16.5. The second-order valence-corrected chi connectivity index (χ2v) is 8.17. The molecule has 29 heavy (non-hydrogen) atoms. The summed E-state index contributed by atoms with van der Waals surface area (Å²) >= 11 is 0. The highest BCUT2D eigenvalue weighted by Gasteiger charge is 2.45. The van der Waals surface area contributed by atoms with Crippen molar-refractivity contribution in [2.24, 2.45) is 11.8 Å². The van der Waals surface area contributed by atoms with Crippen LogP contribution in [0.15, 0.2) is 54.6 Å². The lowest BCUT2D eigenvalue weighted by Gasteiger charge is -2.50. The number of nitrogens with one attached hydrogen (secondary N) is 1. The van der Waals surface area contributed by atoms with E-state index in [2.05, 4.69) is 12.2 Å². The van der Waals surface area contributed by atoms with Gasteiger partial charge in [0.1, 0.15) is 6.61 Å². The second-order valence-electron chi connectivity index (χ2n) is 8.17. The first-order valence-corrected chi connectivity index (χ1v) is 10.4. The molecule has 152 valence electrons. The summed E-state index contributed by atoms with van der Waals surface area (Å²) in [4.78, 5) is 27.1. The molecule has 5 heteroatoms. The molecule has 4 rings (SSSR count). The van der Waals surface area contributed by atoms with E-state index in [1.807, 2.05) is 59.5 Å². The zero-order chi connectivity index (χ0) is 20.4. The van der Waals surface area contributed by atoms with Gasteiger partial charge in [0.25, 0.3) is 0 Å². The maximum atomic E-state index is 12.6. The summed E-state index contributed by atoms with van der Waals surface area (Å²) in [5, 5.41) is 3.09. The van der Waals surface area contributed by atoms with Crippen molar-refractivity contribution < 1.29 is 14.3 Å². The molecule has 1 N–H and O–H groups in total. The first-order chi connectivity index (χ1) is 14.1. The van der Waals surface area contributed by atoms with Gasteiger partial charge >= 0.3 is 6.09 Å². The van der Waals surface area contributed by atoms with E-state index in [1.165, 1.54) is 6.42 Å². The summed E-state index contributed by atoms with van der Waals surface area (Å²) in [6, 6.07) is 17.5. The molecular weight excluding hydrogens is 364 g/mol. The Morgan fingerprint density at radius 1 is 1.07 bits per heavy atom. The molecular formula is C24H28N2O3. The van der Waals surface area contributed by atoms with Crippen LogP contribution < -0.4 is 10.2 Å². The van der Waals surface area contributed by atoms with Crippen LogP contribution in [0.2, 0.25) is 0 Å². The molecule has 0 radical (unpaired) electrons. The number of hydrogen-bond donors (Lipinski definition) is 1. The average molecular weight is 392 g/mol. The Morgan fingerprint density at radius 2 is 1.76 bits per heavy atom. The molecule has 5 nitrogen and oxygen atoms in total. The number of carbonyl (C=O) groups excluding carboxylic acids is 2. The standard InChI is InChI=1S/C24H28N2O3/c1-16-22(25-24(28)29-15-18-9-4-3-5-10-18)20-13-6-7-14-21(20)26(17(2)27)23(16)19-11-8-12-19/h3-7,9-10,13-14,16,19,22-23H,8,11-12,15H2,1-2H3,(H,25,28)/t16-,22-,23-/m1/s1. The first-order valence-electron chi connectivity index (χ1n) is 10.4. The first kappa shape index (κ1) is 19.5. The molecule has 1 fully saturated rings. The van der Waals surface area contributed by atoms with Crippen LogP contribution in [0, 0.1) is 11.8 Å². The van der Waals surface area contributed by atoms with E-state index in [1.54, 1.807) is 6.92 Å². The molecule has 3 atom stereocenters. The normalized spacial score (nSPS) is 23.7. The van der Waals surface area contributed by atoms with E-state index in [0.29, 0.717) is 5.92 Å². The van der Waals surface area contributed by atoms with Gasteiger partial charge in [-0.2, -0.15) is 0 Å². The fraction of sp³-hybridized carbons (Fsp3) is 0.417. The van der Waals surface area contributed by atoms with E-state index in [0.717, 1.165) is 29.7 Å². The Balaban J connectivity index is 1.57. The SMILES string of the molecule is CC(=O)N1c2ccccc2[C@H](NC(=O)OCc2ccccc2)[C@@H](C)[C@@H]1C1CCC1. The lowest BCUT2D eigenvalue weighted by atomic mass is 9.69. The minimum atomic E-state index is -0.427. The summed E-state index contributed by atoms with van der Waals surface area (Å²) in [6.45, 7) is 4.01. The summed E-state index contributed by atoms with van der Waals surface area (Å²) in [6.07, 6.45) is 3.04. The summed E-state index contributed by atoms with van der Waals surface area (Å²) in [5.74, 6) is 0.640. The molecule has 0 unspecified atom stereocenters. The number of carbonyl (C=O) groups is 2. The number of anilines is 1. The van der Waals surface area contributed by atoms with Gasteiger partial charge in [-0.25, -0.2) is 4.79 Å². The van der Waals surface area contributed by atoms with Gasteiger partial charge in [0, 0.05) is 24.6 Å². The van der Waals surface area contributed by atoms with Crippen LogP contribution >= 0.6 is 0 Å². The predicted molar refractivity (Wildman–Crippen MR) is 112 cm³/mol. The fourth-order valence-corrected chi connectivity index (χ4v) is 4.75. The van der Waals surface area contributed by atoms with Gasteiger partial charge in [-0.05, 0) is 36.0 Å². The number of alkyl carbamates (subject to hydrolysis) is 1. The number of rotatable bonds is 4. The van der Waals surface area contributed by atoms with E-state index in [4.69, 9.17) is 4.74 Å². The third kappa shape index (κ3) is 3.86. The lowest BCUT2D eigenvalue weighted by Crippen LogP contribution is -2.56. The topological polar surface area (TPSA) is 58.6 Å². The molecule has 0 bridgehead atoms. The van der Waals surface area contributed by atoms with Crippen LogP contribution in [-0.4, -0.2) is 18.0 Å². The minimum absolute atomic E-state index is 0.0614. The molecule has 1 aliphatic heterocycles. The number of nitrogens with zero attached hydrogens (tertiary/aromatic N) is 1. The number of benzene rings is 2. The van der Waals surface area contributed by atoms with Gasteiger partial charge in [0.05, 0.1) is 6.04 Å². The Bertz CT molecular complexity index is 879. The van der Waals surface area contributed by atoms with Crippen molar-refractivity contribution in [3.8, 4) is 0 Å². The molecule has 1 aliphatic carbocycles. The Hall–Kier alpha value is -2.82. The molecule has 1 saturated carbocycles. The van der Waals surface area contributed by atoms with Gasteiger partial charge in [-0.15, -0.1) is 0 Å². The fourth-order valence-electron chi connectivity index (χ4n) is 4.75. The average Bonchev–Trinajstić information content (AvgIpc) is 2.68. The van der Waals surface area contributed by atoms with Crippen LogP contribution in [-0.2, 0) is 16.1 Å². The molecule has 1 heterocycles. The monoisotopic (exact) mass is 392 g/mol. The highest BCUT2D eigenvalue weighted by molar-refractivity contribution is 5.94. The van der Waals surface area contributed by atoms with Gasteiger partial charge < -0.3 is 15.0 Å². The van der Waals surface area contributed by atoms with Crippen LogP contribution in [0.4, 0.5) is 10.5 Å². The van der Waals surface area contributed by atoms with E-state index in [-0.39, 0.29) is 30.5 Å². The quantitative estimate of drug-likeness (QED) is 0.811. The van der Waals surface area contributed by atoms with Crippen molar-refractivity contribution in [3.63, 3.8) is 0 Å². The molecule has 0 saturated heterocycles. The van der Waals surface area contributed by atoms with Crippen molar-refractivity contribution in [1.29, 1.82) is 0 Å². The highest BCUT2D eigenvalue weighted by Crippen LogP contribution is 2.47. The van der Waals surface area contributed by atoms with Crippen LogP contribution in [0.1, 0.15) is 50.3 Å². The molecule has 0 spiro atoms. The maximum absolute atomic E-state index is 12.6. The van der Waals surface area contributed by atoms with Crippen molar-refractivity contribution in [1.82, 2.24) is 5.32 Å². The zero-order valence-corrected chi connectivity index (χ0v) is 17.0. The van der Waals surface area contributed by atoms with Crippen molar-refractivity contribution >= 4 is 17.7 Å². The molecule has 2 amide bonds. The van der Waals surface area contributed by atoms with Crippen LogP contribution in [0.3, 0.4) is 0 Å². The molecule has 2 aliphatic rings. The van der Waals surface area contributed by atoms with Crippen LogP contribution in [0.5, 0.6) is 0 Å². The van der Waals surface area contributed by atoms with E-state index >= 15 is 0 Å². The van der Waals surface area contributed by atoms with E-state index in [9.17, 15) is 9.59 Å². The minimum Gasteiger partial charge on any atom is -0.445 e. The number of hydrogen-bond acceptors (Lipinski definition) is 3. The maximum Gasteiger partial charge on any atom is 0.407 e. The van der Waals surface area contributed by atoms with Gasteiger partial charge in [-0.3, -0.25) is 4.79 Å². The molecule has 2 aromatic carbocycles. The summed E-state index contributed by atoms with van der Waals surface area (Å²) in [7, 11) is 0. The van der Waals surface area contributed by atoms with Gasteiger partial charge in [-0.1, -0.05) is 61.9 Å². The third-order valence-electron chi connectivity index (χ3n) is 6.35. The number of fused-ring (bicyclic) bond motifs is 1. The van der Waals surface area contributed by atoms with E-state index < -0.39 is 6.09 Å². The predicted octanol–water partition coefficient (Wildman–Crippen LogP) is 4.83. The number of amides is 2. The summed E-state index contributed by atoms with van der Waals surface area (Å²) < 4.78 is 5.47. The second kappa shape index (κ2) is 8.27. The van der Waals surface area contributed by atoms with Gasteiger partial charge in [0.2, 0.25) is 5.91 Å². The lowest BCUT2D eigenvalue weighted by molar-refractivity contribution is -0.118. The zero-order valence-electron chi connectivity index (χ0n) is 17.0. The van der Waals surface area contributed by atoms with Crippen molar-refractivity contribution in [2.75, 3.05) is 4.90 Å². The van der Waals surface area contributed by atoms with Crippen molar-refractivity contribution in [3.05, 3.63) is 65.7 Å². The molecule has 0 aromatic heterocycles. The largest absolute Gasteiger partial charge is 0.445 e. The third-order valence-corrected chi connectivity index (χ3v) is 6.35. The Morgan fingerprint density at radius 3 is 2.41 bits per heavy atom. The van der Waals surface area contributed by atoms with Crippen LogP contribution in [0.25, 0.3) is 0 Å².